The molecule has 3 rings (SSSR count). The van der Waals surface area contributed by atoms with Crippen molar-refractivity contribution in [3.05, 3.63) is 59.2 Å². The first kappa shape index (κ1) is 23.9. The number of ether oxygens (including phenoxy) is 3. The van der Waals surface area contributed by atoms with Crippen molar-refractivity contribution in [1.82, 2.24) is 10.6 Å². The highest BCUT2D eigenvalue weighted by atomic mass is 19.4. The van der Waals surface area contributed by atoms with E-state index in [0.717, 1.165) is 29.8 Å². The summed E-state index contributed by atoms with van der Waals surface area (Å²) in [4.78, 5) is 35.5. The Hall–Kier alpha value is -3.76. The number of carbonyl (C=O) groups excluding carboxylic acids is 3. The minimum Gasteiger partial charge on any atom is -0.486 e. The van der Waals surface area contributed by atoms with Gasteiger partial charge < -0.3 is 24.8 Å². The lowest BCUT2D eigenvalue weighted by atomic mass is 10.1. The molecule has 0 radical (unpaired) electrons. The molecule has 0 atom stereocenters. The van der Waals surface area contributed by atoms with E-state index in [2.05, 4.69) is 10.6 Å². The van der Waals surface area contributed by atoms with Crippen molar-refractivity contribution in [1.29, 1.82) is 0 Å². The molecule has 176 valence electrons. The van der Waals surface area contributed by atoms with Gasteiger partial charge >= 0.3 is 12.1 Å². The minimum absolute atomic E-state index is 0.0484. The van der Waals surface area contributed by atoms with E-state index in [0.29, 0.717) is 37.7 Å². The summed E-state index contributed by atoms with van der Waals surface area (Å²) in [5.41, 5.74) is -0.00588. The third kappa shape index (κ3) is 7.13. The SMILES string of the molecule is O=C(COC(=O)CNC(=O)c1ccc(C(F)(F)F)cc1)NCCc1ccc2c(c1)OCCO2. The van der Waals surface area contributed by atoms with Crippen LogP contribution in [0.15, 0.2) is 42.5 Å². The third-order valence-corrected chi connectivity index (χ3v) is 4.57. The molecule has 0 aromatic heterocycles. The molecule has 11 heteroatoms. The predicted molar refractivity (Wildman–Crippen MR) is 109 cm³/mol. The Morgan fingerprint density at radius 3 is 2.33 bits per heavy atom. The molecule has 0 unspecified atom stereocenters. The van der Waals surface area contributed by atoms with Crippen LogP contribution in [0.5, 0.6) is 11.5 Å². The van der Waals surface area contributed by atoms with Crippen LogP contribution in [0.25, 0.3) is 0 Å². The number of amides is 2. The maximum atomic E-state index is 12.5. The van der Waals surface area contributed by atoms with Crippen molar-refractivity contribution >= 4 is 17.8 Å². The number of halogens is 3. The second kappa shape index (κ2) is 10.7. The van der Waals surface area contributed by atoms with Crippen LogP contribution in [0.2, 0.25) is 0 Å². The zero-order valence-corrected chi connectivity index (χ0v) is 17.4. The summed E-state index contributed by atoms with van der Waals surface area (Å²) in [5, 5.41) is 4.83. The van der Waals surface area contributed by atoms with Gasteiger partial charge in [0, 0.05) is 12.1 Å². The fraction of sp³-hybridized carbons (Fsp3) is 0.318. The molecule has 33 heavy (non-hydrogen) atoms. The molecule has 0 saturated heterocycles. The van der Waals surface area contributed by atoms with E-state index in [4.69, 9.17) is 14.2 Å². The second-order valence-electron chi connectivity index (χ2n) is 7.00. The molecule has 2 aromatic carbocycles. The lowest BCUT2D eigenvalue weighted by molar-refractivity contribution is -0.147. The summed E-state index contributed by atoms with van der Waals surface area (Å²) in [6.45, 7) is 0.213. The van der Waals surface area contributed by atoms with Gasteiger partial charge in [0.1, 0.15) is 19.8 Å². The highest BCUT2D eigenvalue weighted by Gasteiger charge is 2.30. The van der Waals surface area contributed by atoms with Crippen LogP contribution >= 0.6 is 0 Å². The van der Waals surface area contributed by atoms with Crippen LogP contribution in [-0.2, 0) is 26.9 Å². The largest absolute Gasteiger partial charge is 0.486 e. The van der Waals surface area contributed by atoms with Crippen molar-refractivity contribution in [2.45, 2.75) is 12.6 Å². The summed E-state index contributed by atoms with van der Waals surface area (Å²) in [6, 6.07) is 9.02. The first-order valence-electron chi connectivity index (χ1n) is 9.98. The molecule has 1 aliphatic rings. The molecule has 2 amide bonds. The van der Waals surface area contributed by atoms with Crippen molar-refractivity contribution < 1.29 is 41.8 Å². The molecular weight excluding hydrogens is 445 g/mol. The Labute approximate surface area is 187 Å². The Bertz CT molecular complexity index is 1010. The molecular formula is C22H21F3N2O6. The molecule has 2 aromatic rings. The summed E-state index contributed by atoms with van der Waals surface area (Å²) >= 11 is 0. The maximum absolute atomic E-state index is 12.5. The standard InChI is InChI=1S/C22H21F3N2O6/c23-22(24,25)16-4-2-15(3-5-16)21(30)27-12-20(29)33-13-19(28)26-8-7-14-1-6-17-18(11-14)32-10-9-31-17/h1-6,11H,7-10,12-13H2,(H,26,28)(H,27,30). The first-order valence-corrected chi connectivity index (χ1v) is 9.98. The van der Waals surface area contributed by atoms with Crippen LogP contribution < -0.4 is 20.1 Å². The second-order valence-corrected chi connectivity index (χ2v) is 7.00. The number of alkyl halides is 3. The molecule has 0 fully saturated rings. The number of fused-ring (bicyclic) bond motifs is 1. The average Bonchev–Trinajstić information content (AvgIpc) is 2.80. The van der Waals surface area contributed by atoms with Gasteiger partial charge in [-0.25, -0.2) is 0 Å². The predicted octanol–water partition coefficient (Wildman–Crippen LogP) is 2.11. The zero-order chi connectivity index (χ0) is 23.8. The lowest BCUT2D eigenvalue weighted by Crippen LogP contribution is -2.34. The Kier molecular flexibility index (Phi) is 7.75. The van der Waals surface area contributed by atoms with E-state index in [-0.39, 0.29) is 5.56 Å². The van der Waals surface area contributed by atoms with Gasteiger partial charge in [-0.2, -0.15) is 13.2 Å². The first-order chi connectivity index (χ1) is 15.7. The highest BCUT2D eigenvalue weighted by Crippen LogP contribution is 2.31. The topological polar surface area (TPSA) is 103 Å². The summed E-state index contributed by atoms with van der Waals surface area (Å²) in [5.74, 6) is -0.805. The van der Waals surface area contributed by atoms with Crippen LogP contribution in [0.1, 0.15) is 21.5 Å². The van der Waals surface area contributed by atoms with Crippen LogP contribution in [0, 0.1) is 0 Å². The van der Waals surface area contributed by atoms with E-state index in [1.165, 1.54) is 0 Å². The molecule has 0 spiro atoms. The molecule has 1 heterocycles. The Morgan fingerprint density at radius 1 is 0.939 bits per heavy atom. The molecule has 8 nitrogen and oxygen atoms in total. The lowest BCUT2D eigenvalue weighted by Gasteiger charge is -2.18. The van der Waals surface area contributed by atoms with Gasteiger partial charge in [0.05, 0.1) is 5.56 Å². The quantitative estimate of drug-likeness (QED) is 0.578. The van der Waals surface area contributed by atoms with Crippen LogP contribution in [0.4, 0.5) is 13.2 Å². The van der Waals surface area contributed by atoms with Gasteiger partial charge in [0.2, 0.25) is 0 Å². The number of hydrogen-bond acceptors (Lipinski definition) is 6. The number of esters is 1. The summed E-state index contributed by atoms with van der Waals surface area (Å²) in [6.07, 6.45) is -3.98. The van der Waals surface area contributed by atoms with E-state index < -0.39 is 42.7 Å². The van der Waals surface area contributed by atoms with Crippen LogP contribution in [0.3, 0.4) is 0 Å². The van der Waals surface area contributed by atoms with Gasteiger partial charge in [-0.05, 0) is 48.4 Å². The van der Waals surface area contributed by atoms with E-state index >= 15 is 0 Å². The van der Waals surface area contributed by atoms with Gasteiger partial charge in [-0.3, -0.25) is 14.4 Å². The van der Waals surface area contributed by atoms with Crippen LogP contribution in [-0.4, -0.2) is 50.7 Å². The van der Waals surface area contributed by atoms with Gasteiger partial charge in [0.15, 0.2) is 18.1 Å². The molecule has 0 saturated carbocycles. The summed E-state index contributed by atoms with van der Waals surface area (Å²) in [7, 11) is 0. The summed E-state index contributed by atoms with van der Waals surface area (Å²) < 4.78 is 53.4. The highest BCUT2D eigenvalue weighted by molar-refractivity contribution is 5.96. The normalized spacial score (nSPS) is 12.6. The molecule has 0 bridgehead atoms. The number of hydrogen-bond donors (Lipinski definition) is 2. The van der Waals surface area contributed by atoms with Gasteiger partial charge in [-0.15, -0.1) is 0 Å². The monoisotopic (exact) mass is 466 g/mol. The number of carbonyl (C=O) groups is 3. The van der Waals surface area contributed by atoms with E-state index in [1.807, 2.05) is 12.1 Å². The fourth-order valence-corrected chi connectivity index (χ4v) is 2.90. The Balaban J connectivity index is 1.33. The molecule has 0 aliphatic carbocycles. The Morgan fingerprint density at radius 2 is 1.64 bits per heavy atom. The number of rotatable bonds is 8. The molecule has 2 N–H and O–H groups in total. The smallest absolute Gasteiger partial charge is 0.416 e. The van der Waals surface area contributed by atoms with Crippen molar-refractivity contribution in [2.75, 3.05) is 32.9 Å². The number of benzene rings is 2. The zero-order valence-electron chi connectivity index (χ0n) is 17.4. The van der Waals surface area contributed by atoms with E-state index in [9.17, 15) is 27.6 Å². The van der Waals surface area contributed by atoms with Crippen molar-refractivity contribution in [3.63, 3.8) is 0 Å². The van der Waals surface area contributed by atoms with Gasteiger partial charge in [0.25, 0.3) is 11.8 Å². The maximum Gasteiger partial charge on any atom is 0.416 e. The van der Waals surface area contributed by atoms with Gasteiger partial charge in [-0.1, -0.05) is 6.07 Å². The number of nitrogens with one attached hydrogen (secondary N) is 2. The average molecular weight is 466 g/mol. The fourth-order valence-electron chi connectivity index (χ4n) is 2.90. The molecule has 1 aliphatic heterocycles. The minimum atomic E-state index is -4.51. The van der Waals surface area contributed by atoms with Crippen molar-refractivity contribution in [2.24, 2.45) is 0 Å². The van der Waals surface area contributed by atoms with E-state index in [1.54, 1.807) is 6.07 Å². The third-order valence-electron chi connectivity index (χ3n) is 4.57. The van der Waals surface area contributed by atoms with Crippen molar-refractivity contribution in [3.8, 4) is 11.5 Å².